The number of esters is 1. The lowest BCUT2D eigenvalue weighted by Gasteiger charge is -2.20. The summed E-state index contributed by atoms with van der Waals surface area (Å²) in [5.74, 6) is -4.15. The molecular formula is C17H13F4NO3. The Bertz CT molecular complexity index is 762. The molecule has 0 radical (unpaired) electrons. The van der Waals surface area contributed by atoms with E-state index in [1.807, 2.05) is 0 Å². The van der Waals surface area contributed by atoms with E-state index >= 15 is 0 Å². The highest BCUT2D eigenvalue weighted by atomic mass is 19.2. The van der Waals surface area contributed by atoms with Gasteiger partial charge in [0.15, 0.2) is 6.17 Å². The van der Waals surface area contributed by atoms with Crippen molar-refractivity contribution in [3.8, 4) is 6.07 Å². The van der Waals surface area contributed by atoms with E-state index in [9.17, 15) is 22.4 Å². The maximum atomic E-state index is 14.0. The van der Waals surface area contributed by atoms with Gasteiger partial charge in [-0.3, -0.25) is 0 Å². The van der Waals surface area contributed by atoms with E-state index in [2.05, 4.69) is 4.74 Å². The zero-order chi connectivity index (χ0) is 18.6. The molecule has 0 N–H and O–H groups in total. The van der Waals surface area contributed by atoms with Crippen molar-refractivity contribution in [2.75, 3.05) is 13.7 Å². The van der Waals surface area contributed by atoms with Crippen LogP contribution in [0.4, 0.5) is 17.6 Å². The normalized spacial score (nSPS) is 22.2. The fraction of sp³-hybridized carbons (Fsp3) is 0.294. The molecule has 4 nitrogen and oxygen atoms in total. The first-order valence-electron chi connectivity index (χ1n) is 7.15. The number of hydrogen-bond acceptors (Lipinski definition) is 4. The second kappa shape index (κ2) is 7.49. The zero-order valence-corrected chi connectivity index (χ0v) is 13.1. The molecule has 2 unspecified atom stereocenters. The number of allylic oxidation sites excluding steroid dienone is 3. The van der Waals surface area contributed by atoms with Crippen LogP contribution in [0.3, 0.4) is 0 Å². The van der Waals surface area contributed by atoms with Gasteiger partial charge in [0.2, 0.25) is 5.67 Å². The van der Waals surface area contributed by atoms with Crippen LogP contribution in [0.15, 0.2) is 36.1 Å². The third-order valence-electron chi connectivity index (χ3n) is 3.48. The molecule has 1 aliphatic rings. The number of carbonyl (C=O) groups is 1. The highest BCUT2D eigenvalue weighted by Gasteiger charge is 2.39. The highest BCUT2D eigenvalue weighted by molar-refractivity contribution is 5.91. The van der Waals surface area contributed by atoms with Gasteiger partial charge in [0.1, 0.15) is 29.0 Å². The number of alkyl halides is 2. The maximum absolute atomic E-state index is 14.0. The van der Waals surface area contributed by atoms with Crippen molar-refractivity contribution in [2.24, 2.45) is 0 Å². The number of rotatable bonds is 5. The minimum absolute atomic E-state index is 0.238. The minimum Gasteiger partial charge on any atom is -0.423 e. The van der Waals surface area contributed by atoms with E-state index in [1.54, 1.807) is 0 Å². The topological polar surface area (TPSA) is 59.3 Å². The molecule has 2 rings (SSSR count). The number of carbonyl (C=O) groups excluding carboxylic acids is 1. The van der Waals surface area contributed by atoms with Crippen molar-refractivity contribution in [2.45, 2.75) is 18.3 Å². The van der Waals surface area contributed by atoms with E-state index in [1.165, 1.54) is 7.11 Å². The third-order valence-corrected chi connectivity index (χ3v) is 3.48. The van der Waals surface area contributed by atoms with E-state index in [0.717, 1.165) is 24.3 Å². The fourth-order valence-corrected chi connectivity index (χ4v) is 2.13. The van der Waals surface area contributed by atoms with Gasteiger partial charge < -0.3 is 9.47 Å². The monoisotopic (exact) mass is 355 g/mol. The SMILES string of the molecule is COCCc1cc(F)c(C(=O)OC2=CC(F)C(F)(C#N)C=C2)c(F)c1. The van der Waals surface area contributed by atoms with Gasteiger partial charge in [-0.05, 0) is 42.3 Å². The number of benzene rings is 1. The molecule has 8 heteroatoms. The summed E-state index contributed by atoms with van der Waals surface area (Å²) in [6.07, 6.45) is -0.175. The van der Waals surface area contributed by atoms with Gasteiger partial charge in [0.05, 0.1) is 6.61 Å². The number of nitriles is 1. The Balaban J connectivity index is 2.19. The van der Waals surface area contributed by atoms with Gasteiger partial charge >= 0.3 is 5.97 Å². The molecule has 1 aromatic carbocycles. The van der Waals surface area contributed by atoms with Gasteiger partial charge in [-0.2, -0.15) is 5.26 Å². The molecule has 2 atom stereocenters. The van der Waals surface area contributed by atoms with Crippen LogP contribution in [0.5, 0.6) is 0 Å². The molecule has 1 aromatic rings. The number of hydrogen-bond donors (Lipinski definition) is 0. The van der Waals surface area contributed by atoms with Crippen molar-refractivity contribution in [3.63, 3.8) is 0 Å². The quantitative estimate of drug-likeness (QED) is 0.600. The summed E-state index contributed by atoms with van der Waals surface area (Å²) in [5, 5.41) is 8.57. The van der Waals surface area contributed by atoms with Crippen LogP contribution in [0.25, 0.3) is 0 Å². The standard InChI is InChI=1S/C17H13F4NO3/c1-24-5-3-10-6-12(18)15(13(19)7-10)16(23)25-11-2-4-17(21,9-22)14(20)8-11/h2,4,6-8,14H,3,5H2,1H3. The van der Waals surface area contributed by atoms with Crippen LogP contribution >= 0.6 is 0 Å². The Hall–Kier alpha value is -2.66. The minimum atomic E-state index is -2.88. The average Bonchev–Trinajstić information content (AvgIpc) is 2.56. The second-order valence-electron chi connectivity index (χ2n) is 5.25. The Morgan fingerprint density at radius 2 is 2.00 bits per heavy atom. The molecule has 0 saturated carbocycles. The van der Waals surface area contributed by atoms with Crippen molar-refractivity contribution < 1.29 is 31.8 Å². The predicted octanol–water partition coefficient (Wildman–Crippen LogP) is 3.33. The molecule has 0 fully saturated rings. The van der Waals surface area contributed by atoms with Crippen LogP contribution in [-0.4, -0.2) is 31.5 Å². The summed E-state index contributed by atoms with van der Waals surface area (Å²) in [6, 6.07) is 3.06. The fourth-order valence-electron chi connectivity index (χ4n) is 2.13. The smallest absolute Gasteiger partial charge is 0.349 e. The number of ether oxygens (including phenoxy) is 2. The lowest BCUT2D eigenvalue weighted by Crippen LogP contribution is -2.32. The Morgan fingerprint density at radius 3 is 2.52 bits per heavy atom. The molecule has 132 valence electrons. The molecule has 0 bridgehead atoms. The van der Waals surface area contributed by atoms with Crippen LogP contribution < -0.4 is 0 Å². The molecule has 0 aliphatic heterocycles. The summed E-state index contributed by atoms with van der Waals surface area (Å²) in [4.78, 5) is 11.9. The van der Waals surface area contributed by atoms with Gasteiger partial charge in [-0.25, -0.2) is 22.4 Å². The van der Waals surface area contributed by atoms with Crippen molar-refractivity contribution in [1.82, 2.24) is 0 Å². The molecule has 1 aliphatic carbocycles. The average molecular weight is 355 g/mol. The summed E-state index contributed by atoms with van der Waals surface area (Å²) in [5.41, 5.74) is -3.55. The van der Waals surface area contributed by atoms with Crippen molar-refractivity contribution in [1.29, 1.82) is 5.26 Å². The van der Waals surface area contributed by atoms with Crippen molar-refractivity contribution >= 4 is 5.97 Å². The third kappa shape index (κ3) is 4.06. The van der Waals surface area contributed by atoms with Crippen LogP contribution in [0, 0.1) is 23.0 Å². The van der Waals surface area contributed by atoms with Gasteiger partial charge in [-0.1, -0.05) is 0 Å². The van der Waals surface area contributed by atoms with Crippen molar-refractivity contribution in [3.05, 3.63) is 58.9 Å². The van der Waals surface area contributed by atoms with E-state index in [-0.39, 0.29) is 18.6 Å². The number of halogens is 4. The lowest BCUT2D eigenvalue weighted by molar-refractivity contribution is 0.0614. The largest absolute Gasteiger partial charge is 0.423 e. The summed E-state index contributed by atoms with van der Waals surface area (Å²) in [6.45, 7) is 0.238. The first kappa shape index (κ1) is 18.7. The van der Waals surface area contributed by atoms with Gasteiger partial charge in [0, 0.05) is 7.11 Å². The molecule has 0 spiro atoms. The predicted molar refractivity (Wildman–Crippen MR) is 78.9 cm³/mol. The summed E-state index contributed by atoms with van der Waals surface area (Å²) >= 11 is 0. The van der Waals surface area contributed by atoms with Crippen LogP contribution in [0.1, 0.15) is 15.9 Å². The molecule has 0 saturated heterocycles. The molecule has 0 heterocycles. The first-order valence-corrected chi connectivity index (χ1v) is 7.15. The first-order chi connectivity index (χ1) is 11.8. The lowest BCUT2D eigenvalue weighted by atomic mass is 9.96. The molecule has 0 amide bonds. The zero-order valence-electron chi connectivity index (χ0n) is 13.1. The van der Waals surface area contributed by atoms with Gasteiger partial charge in [-0.15, -0.1) is 0 Å². The van der Waals surface area contributed by atoms with E-state index in [4.69, 9.17) is 10.00 Å². The number of nitrogens with zero attached hydrogens (tertiary/aromatic N) is 1. The van der Waals surface area contributed by atoms with Gasteiger partial charge in [0.25, 0.3) is 0 Å². The molecular weight excluding hydrogens is 342 g/mol. The maximum Gasteiger partial charge on any atom is 0.349 e. The summed E-state index contributed by atoms with van der Waals surface area (Å²) < 4.78 is 64.7. The second-order valence-corrected chi connectivity index (χ2v) is 5.25. The Morgan fingerprint density at radius 1 is 1.36 bits per heavy atom. The Kier molecular flexibility index (Phi) is 5.59. The van der Waals surface area contributed by atoms with Crippen LogP contribution in [-0.2, 0) is 15.9 Å². The van der Waals surface area contributed by atoms with E-state index in [0.29, 0.717) is 12.2 Å². The number of methoxy groups -OCH3 is 1. The molecule has 25 heavy (non-hydrogen) atoms. The Labute approximate surface area is 141 Å². The summed E-state index contributed by atoms with van der Waals surface area (Å²) in [7, 11) is 1.43. The highest BCUT2D eigenvalue weighted by Crippen LogP contribution is 2.28. The van der Waals surface area contributed by atoms with E-state index < -0.39 is 40.8 Å². The molecule has 0 aromatic heterocycles. The van der Waals surface area contributed by atoms with Crippen LogP contribution in [0.2, 0.25) is 0 Å².